The number of aromatic nitrogens is 2. The molecule has 0 atom stereocenters. The summed E-state index contributed by atoms with van der Waals surface area (Å²) < 4.78 is 0. The third-order valence-corrected chi connectivity index (χ3v) is 3.74. The summed E-state index contributed by atoms with van der Waals surface area (Å²) in [4.78, 5) is 33.2. The first-order chi connectivity index (χ1) is 11.2. The number of hydrazine groups is 1. The summed E-state index contributed by atoms with van der Waals surface area (Å²) >= 11 is 0. The Hall–Kier alpha value is -2.76. The Kier molecular flexibility index (Phi) is 4.97. The van der Waals surface area contributed by atoms with Crippen molar-refractivity contribution in [3.05, 3.63) is 59.2 Å². The molecule has 0 aliphatic heterocycles. The molecule has 0 spiro atoms. The summed E-state index contributed by atoms with van der Waals surface area (Å²) in [7, 11) is 0. The number of aryl methyl sites for hydroxylation is 1. The Morgan fingerprint density at radius 1 is 1.12 bits per heavy atom. The van der Waals surface area contributed by atoms with Crippen molar-refractivity contribution < 1.29 is 9.59 Å². The van der Waals surface area contributed by atoms with E-state index in [0.29, 0.717) is 5.56 Å². The summed E-state index contributed by atoms with van der Waals surface area (Å²) in [5, 5.41) is 1.30. The van der Waals surface area contributed by atoms with Crippen molar-refractivity contribution in [1.82, 2.24) is 20.4 Å². The zero-order chi connectivity index (χ0) is 17.9. The first-order valence-electron chi connectivity index (χ1n) is 7.69. The van der Waals surface area contributed by atoms with Crippen molar-refractivity contribution in [2.24, 2.45) is 0 Å². The normalized spacial score (nSPS) is 11.0. The van der Waals surface area contributed by atoms with Crippen molar-refractivity contribution >= 4 is 11.8 Å². The van der Waals surface area contributed by atoms with Crippen molar-refractivity contribution in [2.75, 3.05) is 0 Å². The van der Waals surface area contributed by atoms with Crippen LogP contribution in [0.25, 0.3) is 0 Å². The molecule has 0 unspecified atom stereocenters. The first kappa shape index (κ1) is 17.6. The third kappa shape index (κ3) is 3.76. The van der Waals surface area contributed by atoms with Gasteiger partial charge in [0.1, 0.15) is 12.0 Å². The van der Waals surface area contributed by atoms with Gasteiger partial charge in [-0.1, -0.05) is 12.1 Å². The molecule has 1 N–H and O–H groups in total. The van der Waals surface area contributed by atoms with Crippen LogP contribution in [0.1, 0.15) is 52.7 Å². The minimum atomic E-state index is -0.616. The van der Waals surface area contributed by atoms with Crippen LogP contribution in [-0.2, 0) is 0 Å². The molecular formula is C18H22N4O2. The second kappa shape index (κ2) is 6.78. The van der Waals surface area contributed by atoms with Gasteiger partial charge in [0.2, 0.25) is 0 Å². The summed E-state index contributed by atoms with van der Waals surface area (Å²) in [6, 6.07) is 7.03. The number of hydrogen-bond acceptors (Lipinski definition) is 4. The van der Waals surface area contributed by atoms with Gasteiger partial charge in [0, 0.05) is 11.8 Å². The lowest BCUT2D eigenvalue weighted by Crippen LogP contribution is -2.56. The number of nitrogens with one attached hydrogen (secondary N) is 1. The second-order valence-corrected chi connectivity index (χ2v) is 6.59. The van der Waals surface area contributed by atoms with E-state index >= 15 is 0 Å². The van der Waals surface area contributed by atoms with E-state index in [2.05, 4.69) is 15.4 Å². The lowest BCUT2D eigenvalue weighted by molar-refractivity contribution is 0.0353. The molecule has 6 nitrogen and oxygen atoms in total. The molecule has 0 aliphatic carbocycles. The van der Waals surface area contributed by atoms with Crippen LogP contribution in [0.15, 0.2) is 36.8 Å². The molecule has 0 saturated carbocycles. The molecule has 24 heavy (non-hydrogen) atoms. The summed E-state index contributed by atoms with van der Waals surface area (Å²) in [6.07, 6.45) is 2.80. The van der Waals surface area contributed by atoms with Gasteiger partial charge in [0.15, 0.2) is 0 Å². The molecule has 2 amide bonds. The highest BCUT2D eigenvalue weighted by atomic mass is 16.2. The van der Waals surface area contributed by atoms with Gasteiger partial charge in [-0.3, -0.25) is 15.0 Å². The SMILES string of the molecule is Cc1cccc(C(=O)NN(C(=O)c2ccncn2)C(C)(C)C)c1C. The Labute approximate surface area is 141 Å². The lowest BCUT2D eigenvalue weighted by Gasteiger charge is -2.35. The van der Waals surface area contributed by atoms with E-state index in [1.807, 2.05) is 46.8 Å². The number of hydrogen-bond donors (Lipinski definition) is 1. The number of amides is 2. The molecular weight excluding hydrogens is 304 g/mol. The Balaban J connectivity index is 2.32. The van der Waals surface area contributed by atoms with E-state index in [1.165, 1.54) is 23.6 Å². The van der Waals surface area contributed by atoms with Crippen LogP contribution < -0.4 is 5.43 Å². The molecule has 6 heteroatoms. The molecule has 0 bridgehead atoms. The zero-order valence-corrected chi connectivity index (χ0v) is 14.6. The van der Waals surface area contributed by atoms with E-state index in [1.54, 1.807) is 6.07 Å². The molecule has 0 aliphatic rings. The predicted octanol–water partition coefficient (Wildman–Crippen LogP) is 2.68. The number of rotatable bonds is 2. The molecule has 1 aromatic heterocycles. The van der Waals surface area contributed by atoms with Crippen LogP contribution in [-0.4, -0.2) is 32.3 Å². The fourth-order valence-electron chi connectivity index (χ4n) is 2.21. The molecule has 2 aromatic rings. The monoisotopic (exact) mass is 326 g/mol. The van der Waals surface area contributed by atoms with Gasteiger partial charge in [0.25, 0.3) is 11.8 Å². The lowest BCUT2D eigenvalue weighted by atomic mass is 10.0. The van der Waals surface area contributed by atoms with Crippen LogP contribution in [0, 0.1) is 13.8 Å². The molecule has 0 fully saturated rings. The highest BCUT2D eigenvalue weighted by molar-refractivity contribution is 5.99. The maximum Gasteiger partial charge on any atom is 0.291 e. The van der Waals surface area contributed by atoms with Gasteiger partial charge in [-0.15, -0.1) is 0 Å². The van der Waals surface area contributed by atoms with Crippen LogP contribution in [0.5, 0.6) is 0 Å². The van der Waals surface area contributed by atoms with Crippen LogP contribution in [0.2, 0.25) is 0 Å². The second-order valence-electron chi connectivity index (χ2n) is 6.59. The minimum absolute atomic E-state index is 0.223. The Morgan fingerprint density at radius 2 is 1.83 bits per heavy atom. The smallest absolute Gasteiger partial charge is 0.267 e. The number of carbonyl (C=O) groups excluding carboxylic acids is 2. The highest BCUT2D eigenvalue weighted by Gasteiger charge is 2.30. The highest BCUT2D eigenvalue weighted by Crippen LogP contribution is 2.17. The van der Waals surface area contributed by atoms with E-state index in [4.69, 9.17) is 0 Å². The summed E-state index contributed by atoms with van der Waals surface area (Å²) in [5.74, 6) is -0.711. The van der Waals surface area contributed by atoms with E-state index in [-0.39, 0.29) is 17.5 Å². The Morgan fingerprint density at radius 3 is 2.42 bits per heavy atom. The molecule has 126 valence electrons. The third-order valence-electron chi connectivity index (χ3n) is 3.74. The maximum absolute atomic E-state index is 12.7. The van der Waals surface area contributed by atoms with Crippen molar-refractivity contribution in [1.29, 1.82) is 0 Å². The van der Waals surface area contributed by atoms with Crippen LogP contribution >= 0.6 is 0 Å². The molecule has 2 rings (SSSR count). The first-order valence-corrected chi connectivity index (χ1v) is 7.69. The van der Waals surface area contributed by atoms with Crippen molar-refractivity contribution in [2.45, 2.75) is 40.2 Å². The topological polar surface area (TPSA) is 75.2 Å². The predicted molar refractivity (Wildman–Crippen MR) is 91.3 cm³/mol. The van der Waals surface area contributed by atoms with Gasteiger partial charge in [-0.05, 0) is 57.9 Å². The Bertz CT molecular complexity index is 751. The fourth-order valence-corrected chi connectivity index (χ4v) is 2.21. The summed E-state index contributed by atoms with van der Waals surface area (Å²) in [6.45, 7) is 9.36. The van der Waals surface area contributed by atoms with Crippen LogP contribution in [0.3, 0.4) is 0 Å². The average molecular weight is 326 g/mol. The molecule has 1 heterocycles. The van der Waals surface area contributed by atoms with Gasteiger partial charge < -0.3 is 0 Å². The molecule has 0 radical (unpaired) electrons. The van der Waals surface area contributed by atoms with Gasteiger partial charge >= 0.3 is 0 Å². The quantitative estimate of drug-likeness (QED) is 0.861. The zero-order valence-electron chi connectivity index (χ0n) is 14.6. The molecule has 1 aromatic carbocycles. The maximum atomic E-state index is 12.7. The van der Waals surface area contributed by atoms with E-state index in [9.17, 15) is 9.59 Å². The van der Waals surface area contributed by atoms with Gasteiger partial charge in [-0.2, -0.15) is 0 Å². The minimum Gasteiger partial charge on any atom is -0.267 e. The fraction of sp³-hybridized carbons (Fsp3) is 0.333. The van der Waals surface area contributed by atoms with E-state index < -0.39 is 5.54 Å². The average Bonchev–Trinajstić information content (AvgIpc) is 2.54. The standard InChI is InChI=1S/C18H22N4O2/c1-12-7-6-8-14(13(12)2)16(23)21-22(18(3,4)5)17(24)15-9-10-19-11-20-15/h6-11H,1-5H3,(H,21,23). The molecule has 0 saturated heterocycles. The van der Waals surface area contributed by atoms with E-state index in [0.717, 1.165) is 11.1 Å². The largest absolute Gasteiger partial charge is 0.291 e. The van der Waals surface area contributed by atoms with Crippen molar-refractivity contribution in [3.8, 4) is 0 Å². The van der Waals surface area contributed by atoms with Crippen LogP contribution in [0.4, 0.5) is 0 Å². The number of nitrogens with zero attached hydrogens (tertiary/aromatic N) is 3. The van der Waals surface area contributed by atoms with Crippen molar-refractivity contribution in [3.63, 3.8) is 0 Å². The number of benzene rings is 1. The van der Waals surface area contributed by atoms with Gasteiger partial charge in [-0.25, -0.2) is 15.0 Å². The van der Waals surface area contributed by atoms with Gasteiger partial charge in [0.05, 0.1) is 5.54 Å². The number of carbonyl (C=O) groups is 2. The summed E-state index contributed by atoms with van der Waals surface area (Å²) in [5.41, 5.74) is 4.78.